The Morgan fingerprint density at radius 2 is 0.755 bits per heavy atom. The first-order chi connectivity index (χ1) is 24.1. The fraction of sp³-hybridized carbons (Fsp3) is 1.00. The second-order valence-corrected chi connectivity index (χ2v) is 18.7. The second kappa shape index (κ2) is 22.7. The summed E-state index contributed by atoms with van der Waals surface area (Å²) in [5, 5.41) is 0. The van der Waals surface area contributed by atoms with E-state index in [1.165, 1.54) is 0 Å². The van der Waals surface area contributed by atoms with E-state index >= 15 is 0 Å². The molecule has 318 valence electrons. The molecule has 0 amide bonds. The van der Waals surface area contributed by atoms with E-state index < -0.39 is 96.3 Å². The Balaban J connectivity index is 3.71. The third-order valence-electron chi connectivity index (χ3n) is 6.71. The first-order valence-electron chi connectivity index (χ1n) is 15.6. The van der Waals surface area contributed by atoms with E-state index in [-0.39, 0.29) is 19.8 Å². The topological polar surface area (TPSA) is 408 Å². The number of ether oxygens (including phenoxy) is 2. The monoisotopic (exact) mass is 902 g/mol. The third kappa shape index (κ3) is 23.5. The van der Waals surface area contributed by atoms with Gasteiger partial charge in [-0.05, 0) is 12.8 Å². The lowest BCUT2D eigenvalue weighted by Crippen LogP contribution is -2.66. The van der Waals surface area contributed by atoms with Gasteiger partial charge in [0, 0.05) is 13.2 Å². The van der Waals surface area contributed by atoms with E-state index in [9.17, 15) is 81.2 Å². The van der Waals surface area contributed by atoms with Crippen molar-refractivity contribution in [2.24, 2.45) is 0 Å². The predicted molar refractivity (Wildman–Crippen MR) is 174 cm³/mol. The van der Waals surface area contributed by atoms with E-state index in [0.29, 0.717) is 12.8 Å². The molecule has 0 aromatic carbocycles. The van der Waals surface area contributed by atoms with Gasteiger partial charge in [-0.3, -0.25) is 31.7 Å². The molecular formula is C21H48O26P6. The van der Waals surface area contributed by atoms with Gasteiger partial charge >= 0.3 is 46.9 Å². The molecule has 0 aliphatic heterocycles. The van der Waals surface area contributed by atoms with Gasteiger partial charge < -0.3 is 63.3 Å². The summed E-state index contributed by atoms with van der Waals surface area (Å²) in [5.74, 6) is 0. The lowest BCUT2D eigenvalue weighted by Gasteiger charge is -2.48. The Hall–Kier alpha value is 0.580. The zero-order chi connectivity index (χ0) is 40.9. The first kappa shape index (κ1) is 51.6. The molecule has 0 bridgehead atoms. The molecule has 8 atom stereocenters. The Bertz CT molecular complexity index is 1310. The van der Waals surface area contributed by atoms with Crippen LogP contribution < -0.4 is 0 Å². The molecule has 0 saturated heterocycles. The van der Waals surface area contributed by atoms with Gasteiger partial charge in [0.05, 0.1) is 13.2 Å². The highest BCUT2D eigenvalue weighted by Gasteiger charge is 2.63. The predicted octanol–water partition coefficient (Wildman–Crippen LogP) is 1.45. The van der Waals surface area contributed by atoms with E-state index in [1.54, 1.807) is 0 Å². The van der Waals surface area contributed by atoms with Crippen LogP contribution >= 0.6 is 46.9 Å². The summed E-state index contributed by atoms with van der Waals surface area (Å²) < 4.78 is 116. The standard InChI is InChI=1S/C21H48O26P6/c1-3-5-7-9-11-39-13-15(40-12-10-8-6-4-2)14-41-53(37,38)47-21-19(45-51(31,32)33)17(43-49(25,26)27)16(42-48(22,23)24)18(44-50(28,29)30)20(21)46-52(34,35)36/h15-21H,3-14H2,1-2H3,(H,37,38)(H2,22,23,24)(H2,25,26,27)(H2,28,29,30)(H2,31,32,33)(H2,34,35,36)/t15-,16?,17-,18+,19+,20+,21?/m1/s1. The fourth-order valence-electron chi connectivity index (χ4n) is 4.76. The number of unbranched alkanes of at least 4 members (excludes halogenated alkanes) is 6. The lowest BCUT2D eigenvalue weighted by atomic mass is 9.85. The maximum Gasteiger partial charge on any atom is 0.472 e. The SMILES string of the molecule is CCCCCCOC[C@H](COP(=O)(O)OC1[C@@H](OP(=O)(O)O)[C@H](OP(=O)(O)O)C(OP(=O)(O)O)[C@H](OP(=O)(O)O)[C@@H]1OP(=O)(O)O)OCCCCCC. The molecule has 32 heteroatoms. The number of rotatable bonds is 28. The van der Waals surface area contributed by atoms with Crippen LogP contribution in [-0.2, 0) is 68.5 Å². The van der Waals surface area contributed by atoms with Gasteiger partial charge in [0.2, 0.25) is 0 Å². The van der Waals surface area contributed by atoms with Crippen LogP contribution in [0.4, 0.5) is 0 Å². The Morgan fingerprint density at radius 1 is 0.434 bits per heavy atom. The molecule has 11 N–H and O–H groups in total. The maximum absolute atomic E-state index is 13.3. The van der Waals surface area contributed by atoms with Crippen molar-refractivity contribution in [2.45, 2.75) is 108 Å². The molecule has 1 saturated carbocycles. The van der Waals surface area contributed by atoms with Crippen molar-refractivity contribution in [1.82, 2.24) is 0 Å². The van der Waals surface area contributed by atoms with Gasteiger partial charge in [-0.2, -0.15) is 0 Å². The molecule has 1 aliphatic rings. The van der Waals surface area contributed by atoms with Crippen molar-refractivity contribution >= 4 is 46.9 Å². The number of phosphoric ester groups is 6. The van der Waals surface area contributed by atoms with Gasteiger partial charge in [-0.1, -0.05) is 52.4 Å². The van der Waals surface area contributed by atoms with Crippen LogP contribution in [-0.4, -0.2) is 123 Å². The highest BCUT2D eigenvalue weighted by atomic mass is 31.2. The minimum atomic E-state index is -6.09. The molecule has 1 aliphatic carbocycles. The van der Waals surface area contributed by atoms with E-state index in [2.05, 4.69) is 22.6 Å². The lowest BCUT2D eigenvalue weighted by molar-refractivity contribution is -0.202. The summed E-state index contributed by atoms with van der Waals surface area (Å²) in [5.41, 5.74) is 0. The molecule has 53 heavy (non-hydrogen) atoms. The van der Waals surface area contributed by atoms with Crippen molar-refractivity contribution in [3.8, 4) is 0 Å². The van der Waals surface area contributed by atoms with Crippen LogP contribution in [0.3, 0.4) is 0 Å². The van der Waals surface area contributed by atoms with Gasteiger partial charge in [0.15, 0.2) is 0 Å². The molecule has 1 rings (SSSR count). The van der Waals surface area contributed by atoms with Crippen molar-refractivity contribution in [3.05, 3.63) is 0 Å². The van der Waals surface area contributed by atoms with Crippen LogP contribution in [0.15, 0.2) is 0 Å². The smallest absolute Gasteiger partial charge is 0.379 e. The average Bonchev–Trinajstić information content (AvgIpc) is 2.95. The molecular weight excluding hydrogens is 854 g/mol. The number of phosphoric acid groups is 6. The van der Waals surface area contributed by atoms with Gasteiger partial charge in [-0.25, -0.2) is 27.4 Å². The van der Waals surface area contributed by atoms with Crippen molar-refractivity contribution in [1.29, 1.82) is 0 Å². The van der Waals surface area contributed by atoms with E-state index in [4.69, 9.17) is 18.5 Å². The van der Waals surface area contributed by atoms with Crippen molar-refractivity contribution < 1.29 is 122 Å². The molecule has 0 spiro atoms. The summed E-state index contributed by atoms with van der Waals surface area (Å²) in [7, 11) is -36.2. The second-order valence-electron chi connectivity index (χ2n) is 11.3. The Labute approximate surface area is 303 Å². The highest BCUT2D eigenvalue weighted by Crippen LogP contribution is 2.58. The molecule has 0 radical (unpaired) electrons. The number of hydrogen-bond acceptors (Lipinski definition) is 15. The van der Waals surface area contributed by atoms with Gasteiger partial charge in [0.25, 0.3) is 0 Å². The Kier molecular flexibility index (Phi) is 22.1. The molecule has 0 heterocycles. The zero-order valence-electron chi connectivity index (χ0n) is 28.3. The van der Waals surface area contributed by atoms with Crippen LogP contribution in [0.25, 0.3) is 0 Å². The summed E-state index contributed by atoms with van der Waals surface area (Å²) in [6.45, 7) is 3.27. The molecule has 3 unspecified atom stereocenters. The molecule has 1 fully saturated rings. The summed E-state index contributed by atoms with van der Waals surface area (Å²) in [4.78, 5) is 106. The van der Waals surface area contributed by atoms with Crippen LogP contribution in [0.2, 0.25) is 0 Å². The van der Waals surface area contributed by atoms with Crippen molar-refractivity contribution in [2.75, 3.05) is 26.4 Å². The first-order valence-corrected chi connectivity index (χ1v) is 24.8. The van der Waals surface area contributed by atoms with Crippen LogP contribution in [0.1, 0.15) is 65.2 Å². The normalized spacial score (nSPS) is 25.3. The molecule has 0 aromatic rings. The summed E-state index contributed by atoms with van der Waals surface area (Å²) in [6, 6.07) is 0. The van der Waals surface area contributed by atoms with E-state index in [0.717, 1.165) is 38.5 Å². The highest BCUT2D eigenvalue weighted by molar-refractivity contribution is 7.48. The van der Waals surface area contributed by atoms with E-state index in [1.807, 2.05) is 13.8 Å². The molecule has 26 nitrogen and oxygen atoms in total. The van der Waals surface area contributed by atoms with Crippen LogP contribution in [0.5, 0.6) is 0 Å². The largest absolute Gasteiger partial charge is 0.472 e. The summed E-state index contributed by atoms with van der Waals surface area (Å²) >= 11 is 0. The fourth-order valence-corrected chi connectivity index (χ4v) is 8.51. The van der Waals surface area contributed by atoms with Crippen molar-refractivity contribution in [3.63, 3.8) is 0 Å². The minimum absolute atomic E-state index is 0.118. The van der Waals surface area contributed by atoms with Gasteiger partial charge in [0.1, 0.15) is 42.7 Å². The average molecular weight is 902 g/mol. The van der Waals surface area contributed by atoms with Gasteiger partial charge in [-0.15, -0.1) is 0 Å². The summed E-state index contributed by atoms with van der Waals surface area (Å²) in [6.07, 6.45) is -13.4. The molecule has 0 aromatic heterocycles. The third-order valence-corrected chi connectivity index (χ3v) is 10.3. The Morgan fingerprint density at radius 3 is 1.08 bits per heavy atom. The minimum Gasteiger partial charge on any atom is -0.379 e. The maximum atomic E-state index is 13.3. The van der Waals surface area contributed by atoms with Crippen LogP contribution in [0, 0.1) is 0 Å². The zero-order valence-corrected chi connectivity index (χ0v) is 33.6. The quantitative estimate of drug-likeness (QED) is 0.0391. The number of hydrogen-bond donors (Lipinski definition) is 11.